The quantitative estimate of drug-likeness (QED) is 0.794. The summed E-state index contributed by atoms with van der Waals surface area (Å²) in [6.45, 7) is 3.67. The Balaban J connectivity index is 1.95. The highest BCUT2D eigenvalue weighted by atomic mass is 16.4. The Bertz CT molecular complexity index is 553. The second-order valence-corrected chi connectivity index (χ2v) is 4.47. The molecule has 0 radical (unpaired) electrons. The fourth-order valence-corrected chi connectivity index (χ4v) is 2.04. The van der Waals surface area contributed by atoms with Crippen LogP contribution in [0.2, 0.25) is 0 Å². The molecule has 2 aromatic rings. The standard InChI is InChI=1S/C14H18N4O2/c1-2-18-10-16-17-13(18)9-15-8-12(14(19)20)11-6-4-3-5-7-11/h3-7,10,12,15H,2,8-9H2,1H3,(H,19,20). The number of nitrogens with zero attached hydrogens (tertiary/aromatic N) is 3. The van der Waals surface area contributed by atoms with Crippen LogP contribution >= 0.6 is 0 Å². The van der Waals surface area contributed by atoms with Gasteiger partial charge in [0, 0.05) is 13.1 Å². The van der Waals surface area contributed by atoms with E-state index in [0.717, 1.165) is 17.9 Å². The van der Waals surface area contributed by atoms with Gasteiger partial charge in [-0.3, -0.25) is 4.79 Å². The van der Waals surface area contributed by atoms with Crippen molar-refractivity contribution >= 4 is 5.97 Å². The van der Waals surface area contributed by atoms with Gasteiger partial charge in [-0.25, -0.2) is 0 Å². The SMILES string of the molecule is CCn1cnnc1CNCC(C(=O)O)c1ccccc1. The first-order valence-electron chi connectivity index (χ1n) is 6.57. The summed E-state index contributed by atoms with van der Waals surface area (Å²) < 4.78 is 1.92. The first-order chi connectivity index (χ1) is 9.72. The van der Waals surface area contributed by atoms with Crippen LogP contribution in [0.15, 0.2) is 36.7 Å². The Hall–Kier alpha value is -2.21. The molecule has 0 aliphatic rings. The predicted molar refractivity (Wildman–Crippen MR) is 74.2 cm³/mol. The van der Waals surface area contributed by atoms with Crippen LogP contribution in [0.1, 0.15) is 24.2 Å². The minimum atomic E-state index is -0.833. The molecule has 1 unspecified atom stereocenters. The second kappa shape index (κ2) is 6.81. The molecule has 0 fully saturated rings. The number of carboxylic acids is 1. The van der Waals surface area contributed by atoms with Crippen molar-refractivity contribution in [2.24, 2.45) is 0 Å². The van der Waals surface area contributed by atoms with E-state index < -0.39 is 11.9 Å². The molecule has 0 aliphatic carbocycles. The number of aliphatic carboxylic acids is 1. The minimum Gasteiger partial charge on any atom is -0.481 e. The Labute approximate surface area is 117 Å². The number of aromatic nitrogens is 3. The zero-order valence-corrected chi connectivity index (χ0v) is 11.4. The topological polar surface area (TPSA) is 80.0 Å². The summed E-state index contributed by atoms with van der Waals surface area (Å²) in [7, 11) is 0. The molecule has 0 saturated carbocycles. The molecule has 6 nitrogen and oxygen atoms in total. The molecule has 106 valence electrons. The van der Waals surface area contributed by atoms with Gasteiger partial charge in [-0.1, -0.05) is 30.3 Å². The smallest absolute Gasteiger partial charge is 0.312 e. The normalized spacial score (nSPS) is 12.2. The first-order valence-corrected chi connectivity index (χ1v) is 6.57. The van der Waals surface area contributed by atoms with Gasteiger partial charge < -0.3 is 15.0 Å². The molecule has 0 saturated heterocycles. The van der Waals surface area contributed by atoms with E-state index in [2.05, 4.69) is 15.5 Å². The van der Waals surface area contributed by atoms with E-state index in [0.29, 0.717) is 13.1 Å². The zero-order chi connectivity index (χ0) is 14.4. The molecule has 1 atom stereocenters. The molecule has 20 heavy (non-hydrogen) atoms. The van der Waals surface area contributed by atoms with Crippen molar-refractivity contribution < 1.29 is 9.90 Å². The first kappa shape index (κ1) is 14.2. The van der Waals surface area contributed by atoms with Gasteiger partial charge in [0.2, 0.25) is 0 Å². The molecule has 0 spiro atoms. The van der Waals surface area contributed by atoms with E-state index in [1.807, 2.05) is 41.8 Å². The summed E-state index contributed by atoms with van der Waals surface area (Å²) in [6, 6.07) is 9.22. The molecule has 1 aromatic carbocycles. The molecule has 6 heteroatoms. The number of carbonyl (C=O) groups is 1. The summed E-state index contributed by atoms with van der Waals surface area (Å²) in [4.78, 5) is 11.3. The molecule has 0 bridgehead atoms. The van der Waals surface area contributed by atoms with E-state index in [4.69, 9.17) is 0 Å². The van der Waals surface area contributed by atoms with Crippen LogP contribution in [0.5, 0.6) is 0 Å². The van der Waals surface area contributed by atoms with E-state index in [1.54, 1.807) is 6.33 Å². The molecule has 1 aromatic heterocycles. The number of rotatable bonds is 7. The monoisotopic (exact) mass is 274 g/mol. The van der Waals surface area contributed by atoms with Gasteiger partial charge in [0.05, 0.1) is 12.5 Å². The number of hydrogen-bond donors (Lipinski definition) is 2. The molecular weight excluding hydrogens is 256 g/mol. The lowest BCUT2D eigenvalue weighted by atomic mass is 9.99. The van der Waals surface area contributed by atoms with Crippen LogP contribution in [0.4, 0.5) is 0 Å². The van der Waals surface area contributed by atoms with Gasteiger partial charge in [0.25, 0.3) is 0 Å². The lowest BCUT2D eigenvalue weighted by Crippen LogP contribution is -2.27. The highest BCUT2D eigenvalue weighted by molar-refractivity contribution is 5.76. The van der Waals surface area contributed by atoms with Crippen LogP contribution in [-0.2, 0) is 17.9 Å². The van der Waals surface area contributed by atoms with Crippen molar-refractivity contribution in [3.8, 4) is 0 Å². The Morgan fingerprint density at radius 2 is 2.15 bits per heavy atom. The van der Waals surface area contributed by atoms with Crippen LogP contribution in [0.3, 0.4) is 0 Å². The maximum atomic E-state index is 11.3. The van der Waals surface area contributed by atoms with E-state index in [9.17, 15) is 9.90 Å². The summed E-state index contributed by atoms with van der Waals surface area (Å²) in [5.41, 5.74) is 0.796. The van der Waals surface area contributed by atoms with Gasteiger partial charge in [0.15, 0.2) is 0 Å². The van der Waals surface area contributed by atoms with Gasteiger partial charge in [-0.15, -0.1) is 10.2 Å². The third-order valence-corrected chi connectivity index (χ3v) is 3.17. The van der Waals surface area contributed by atoms with E-state index in [1.165, 1.54) is 0 Å². The maximum Gasteiger partial charge on any atom is 0.312 e. The fraction of sp³-hybridized carbons (Fsp3) is 0.357. The maximum absolute atomic E-state index is 11.3. The fourth-order valence-electron chi connectivity index (χ4n) is 2.04. The molecule has 1 heterocycles. The van der Waals surface area contributed by atoms with Crippen LogP contribution in [0.25, 0.3) is 0 Å². The highest BCUT2D eigenvalue weighted by Crippen LogP contribution is 2.14. The van der Waals surface area contributed by atoms with Crippen LogP contribution < -0.4 is 5.32 Å². The number of hydrogen-bond acceptors (Lipinski definition) is 4. The van der Waals surface area contributed by atoms with Crippen molar-refractivity contribution in [3.63, 3.8) is 0 Å². The molecule has 0 aliphatic heterocycles. The van der Waals surface area contributed by atoms with Crippen molar-refractivity contribution in [1.29, 1.82) is 0 Å². The summed E-state index contributed by atoms with van der Waals surface area (Å²) in [5.74, 6) is -0.584. The average Bonchev–Trinajstić information content (AvgIpc) is 2.91. The summed E-state index contributed by atoms with van der Waals surface area (Å²) >= 11 is 0. The van der Waals surface area contributed by atoms with Crippen molar-refractivity contribution in [2.45, 2.75) is 25.9 Å². The van der Waals surface area contributed by atoms with Crippen LogP contribution in [-0.4, -0.2) is 32.4 Å². The lowest BCUT2D eigenvalue weighted by Gasteiger charge is -2.13. The summed E-state index contributed by atoms with van der Waals surface area (Å²) in [5, 5.41) is 20.3. The third kappa shape index (κ3) is 3.42. The van der Waals surface area contributed by atoms with E-state index >= 15 is 0 Å². The van der Waals surface area contributed by atoms with Gasteiger partial charge in [-0.2, -0.15) is 0 Å². The third-order valence-electron chi connectivity index (χ3n) is 3.17. The van der Waals surface area contributed by atoms with Gasteiger partial charge >= 0.3 is 5.97 Å². The van der Waals surface area contributed by atoms with Crippen LogP contribution in [0, 0.1) is 0 Å². The second-order valence-electron chi connectivity index (χ2n) is 4.47. The van der Waals surface area contributed by atoms with Crippen molar-refractivity contribution in [2.75, 3.05) is 6.54 Å². The molecule has 2 N–H and O–H groups in total. The number of nitrogens with one attached hydrogen (secondary N) is 1. The number of aryl methyl sites for hydroxylation is 1. The number of benzene rings is 1. The largest absolute Gasteiger partial charge is 0.481 e. The molecule has 2 rings (SSSR count). The predicted octanol–water partition coefficient (Wildman–Crippen LogP) is 1.26. The van der Waals surface area contributed by atoms with E-state index in [-0.39, 0.29) is 0 Å². The Kier molecular flexibility index (Phi) is 4.84. The Morgan fingerprint density at radius 3 is 2.80 bits per heavy atom. The molecular formula is C14H18N4O2. The highest BCUT2D eigenvalue weighted by Gasteiger charge is 2.19. The van der Waals surface area contributed by atoms with Gasteiger partial charge in [0.1, 0.15) is 12.2 Å². The zero-order valence-electron chi connectivity index (χ0n) is 11.4. The summed E-state index contributed by atoms with van der Waals surface area (Å²) in [6.07, 6.45) is 1.67. The van der Waals surface area contributed by atoms with Gasteiger partial charge in [-0.05, 0) is 12.5 Å². The number of carboxylic acid groups (broad SMARTS) is 1. The van der Waals surface area contributed by atoms with Crippen molar-refractivity contribution in [3.05, 3.63) is 48.0 Å². The minimum absolute atomic E-state index is 0.357. The molecule has 0 amide bonds. The average molecular weight is 274 g/mol. The Morgan fingerprint density at radius 1 is 1.40 bits per heavy atom. The van der Waals surface area contributed by atoms with Crippen molar-refractivity contribution in [1.82, 2.24) is 20.1 Å². The lowest BCUT2D eigenvalue weighted by molar-refractivity contribution is -0.138.